The quantitative estimate of drug-likeness (QED) is 0.535. The van der Waals surface area contributed by atoms with Crippen LogP contribution in [0, 0.1) is 0 Å². The number of allylic oxidation sites excluding steroid dienone is 2. The predicted octanol–water partition coefficient (Wildman–Crippen LogP) is 2.42. The Morgan fingerprint density at radius 1 is 1.06 bits per heavy atom. The fraction of sp³-hybridized carbons (Fsp3) is 0.643. The molecule has 0 atom stereocenters. The summed E-state index contributed by atoms with van der Waals surface area (Å²) in [5.74, 6) is -0.0553. The highest BCUT2D eigenvalue weighted by Gasteiger charge is 2.03. The molecule has 18 heavy (non-hydrogen) atoms. The summed E-state index contributed by atoms with van der Waals surface area (Å²) < 4.78 is 0. The van der Waals surface area contributed by atoms with Gasteiger partial charge in [-0.2, -0.15) is 0 Å². The SMILES string of the molecule is C/C=C/C(=O)CCC(=O)NCCCC(C)=O.CC. The van der Waals surface area contributed by atoms with E-state index >= 15 is 0 Å². The highest BCUT2D eigenvalue weighted by molar-refractivity contribution is 5.92. The molecule has 0 spiro atoms. The number of hydrogen-bond donors (Lipinski definition) is 1. The average molecular weight is 255 g/mol. The zero-order chi connectivity index (χ0) is 14.4. The van der Waals surface area contributed by atoms with Gasteiger partial charge >= 0.3 is 0 Å². The normalized spacial score (nSPS) is 9.56. The van der Waals surface area contributed by atoms with Crippen molar-refractivity contribution in [3.05, 3.63) is 12.2 Å². The molecule has 0 aliphatic heterocycles. The number of rotatable bonds is 8. The first-order chi connectivity index (χ1) is 8.56. The molecule has 0 bridgehead atoms. The van der Waals surface area contributed by atoms with Gasteiger partial charge in [-0.1, -0.05) is 19.9 Å². The summed E-state index contributed by atoms with van der Waals surface area (Å²) in [5, 5.41) is 2.67. The zero-order valence-electron chi connectivity index (χ0n) is 11.9. The van der Waals surface area contributed by atoms with Crippen molar-refractivity contribution in [2.24, 2.45) is 0 Å². The number of amides is 1. The fourth-order valence-electron chi connectivity index (χ4n) is 1.16. The molecule has 0 fully saturated rings. The van der Waals surface area contributed by atoms with Crippen LogP contribution in [0.15, 0.2) is 12.2 Å². The Bertz CT molecular complexity index is 283. The van der Waals surface area contributed by atoms with Crippen molar-refractivity contribution in [2.45, 2.75) is 53.4 Å². The van der Waals surface area contributed by atoms with Crippen molar-refractivity contribution in [3.63, 3.8) is 0 Å². The summed E-state index contributed by atoms with van der Waals surface area (Å²) in [6.45, 7) is 7.79. The van der Waals surface area contributed by atoms with Gasteiger partial charge in [0.05, 0.1) is 0 Å². The van der Waals surface area contributed by atoms with Crippen LogP contribution >= 0.6 is 0 Å². The molecule has 0 unspecified atom stereocenters. The molecule has 0 saturated carbocycles. The third-order valence-electron chi connectivity index (χ3n) is 1.98. The van der Waals surface area contributed by atoms with E-state index in [1.165, 1.54) is 13.0 Å². The molecule has 0 aromatic carbocycles. The molecular formula is C14H25NO3. The summed E-state index contributed by atoms with van der Waals surface area (Å²) in [4.78, 5) is 32.9. The Kier molecular flexibility index (Phi) is 14.3. The molecule has 0 rings (SSSR count). The maximum atomic E-state index is 11.2. The first-order valence-electron chi connectivity index (χ1n) is 6.48. The van der Waals surface area contributed by atoms with E-state index in [1.54, 1.807) is 13.0 Å². The Balaban J connectivity index is 0. The van der Waals surface area contributed by atoms with Crippen LogP contribution in [-0.4, -0.2) is 24.0 Å². The second-order valence-corrected chi connectivity index (χ2v) is 3.62. The van der Waals surface area contributed by atoms with Crippen LogP contribution in [-0.2, 0) is 14.4 Å². The molecule has 4 heteroatoms. The van der Waals surface area contributed by atoms with Gasteiger partial charge in [0.25, 0.3) is 0 Å². The van der Waals surface area contributed by atoms with E-state index in [2.05, 4.69) is 5.32 Å². The standard InChI is InChI=1S/C12H19NO3.C2H6/c1-3-5-11(15)7-8-12(16)13-9-4-6-10(2)14;1-2/h3,5H,4,6-9H2,1-2H3,(H,13,16);1-2H3/b5-3+;. The lowest BCUT2D eigenvalue weighted by atomic mass is 10.2. The summed E-state index contributed by atoms with van der Waals surface area (Å²) in [7, 11) is 0. The lowest BCUT2D eigenvalue weighted by Gasteiger charge is -2.02. The zero-order valence-corrected chi connectivity index (χ0v) is 11.9. The highest BCUT2D eigenvalue weighted by Crippen LogP contribution is 1.94. The van der Waals surface area contributed by atoms with E-state index in [4.69, 9.17) is 0 Å². The third-order valence-corrected chi connectivity index (χ3v) is 1.98. The Labute approximate surface area is 110 Å². The largest absolute Gasteiger partial charge is 0.356 e. The molecule has 104 valence electrons. The molecule has 0 aromatic heterocycles. The van der Waals surface area contributed by atoms with Crippen LogP contribution in [0.25, 0.3) is 0 Å². The minimum Gasteiger partial charge on any atom is -0.356 e. The van der Waals surface area contributed by atoms with Crippen molar-refractivity contribution in [1.29, 1.82) is 0 Å². The molecule has 0 aliphatic rings. The molecule has 0 saturated heterocycles. The molecule has 0 aromatic rings. The van der Waals surface area contributed by atoms with Crippen LogP contribution in [0.4, 0.5) is 0 Å². The minimum atomic E-state index is -0.138. The van der Waals surface area contributed by atoms with Crippen molar-refractivity contribution >= 4 is 17.5 Å². The van der Waals surface area contributed by atoms with Crippen molar-refractivity contribution in [2.75, 3.05) is 6.54 Å². The van der Waals surface area contributed by atoms with Crippen LogP contribution < -0.4 is 5.32 Å². The fourth-order valence-corrected chi connectivity index (χ4v) is 1.16. The number of carbonyl (C=O) groups excluding carboxylic acids is 3. The monoisotopic (exact) mass is 255 g/mol. The van der Waals surface area contributed by atoms with Crippen LogP contribution in [0.1, 0.15) is 53.4 Å². The smallest absolute Gasteiger partial charge is 0.220 e. The van der Waals surface area contributed by atoms with Crippen LogP contribution in [0.3, 0.4) is 0 Å². The average Bonchev–Trinajstić information content (AvgIpc) is 2.35. The van der Waals surface area contributed by atoms with Gasteiger partial charge in [-0.3, -0.25) is 9.59 Å². The Hall–Kier alpha value is -1.45. The van der Waals surface area contributed by atoms with Gasteiger partial charge in [-0.05, 0) is 26.3 Å². The highest BCUT2D eigenvalue weighted by atomic mass is 16.2. The molecule has 4 nitrogen and oxygen atoms in total. The molecule has 1 amide bonds. The number of Topliss-reactive ketones (excluding diaryl/α,β-unsaturated/α-hetero) is 1. The van der Waals surface area contributed by atoms with Gasteiger partial charge in [-0.25, -0.2) is 0 Å². The van der Waals surface area contributed by atoms with Crippen LogP contribution in [0.2, 0.25) is 0 Å². The van der Waals surface area contributed by atoms with E-state index in [9.17, 15) is 14.4 Å². The summed E-state index contributed by atoms with van der Waals surface area (Å²) in [6.07, 6.45) is 4.71. The van der Waals surface area contributed by atoms with Gasteiger partial charge in [0.1, 0.15) is 5.78 Å². The van der Waals surface area contributed by atoms with Crippen molar-refractivity contribution < 1.29 is 14.4 Å². The van der Waals surface area contributed by atoms with E-state index in [0.717, 1.165) is 0 Å². The van der Waals surface area contributed by atoms with Gasteiger partial charge in [0, 0.05) is 25.8 Å². The van der Waals surface area contributed by atoms with E-state index in [1.807, 2.05) is 13.8 Å². The van der Waals surface area contributed by atoms with Gasteiger partial charge in [0.15, 0.2) is 5.78 Å². The number of nitrogens with one attached hydrogen (secondary N) is 1. The lowest BCUT2D eigenvalue weighted by molar-refractivity contribution is -0.124. The number of carbonyl (C=O) groups is 3. The molecule has 0 aliphatic carbocycles. The molecule has 0 radical (unpaired) electrons. The molecular weight excluding hydrogens is 230 g/mol. The maximum Gasteiger partial charge on any atom is 0.220 e. The summed E-state index contributed by atoms with van der Waals surface area (Å²) in [5.41, 5.74) is 0. The van der Waals surface area contributed by atoms with Gasteiger partial charge in [-0.15, -0.1) is 0 Å². The number of ketones is 2. The first-order valence-corrected chi connectivity index (χ1v) is 6.48. The molecule has 0 heterocycles. The summed E-state index contributed by atoms with van der Waals surface area (Å²) in [6, 6.07) is 0. The topological polar surface area (TPSA) is 63.2 Å². The first kappa shape index (κ1) is 18.9. The predicted molar refractivity (Wildman–Crippen MR) is 73.3 cm³/mol. The van der Waals surface area contributed by atoms with Gasteiger partial charge < -0.3 is 10.1 Å². The van der Waals surface area contributed by atoms with E-state index in [-0.39, 0.29) is 30.3 Å². The van der Waals surface area contributed by atoms with Crippen molar-refractivity contribution in [3.8, 4) is 0 Å². The van der Waals surface area contributed by atoms with Gasteiger partial charge in [0.2, 0.25) is 5.91 Å². The molecule has 1 N–H and O–H groups in total. The lowest BCUT2D eigenvalue weighted by Crippen LogP contribution is -2.25. The second-order valence-electron chi connectivity index (χ2n) is 3.62. The second kappa shape index (κ2) is 13.6. The maximum absolute atomic E-state index is 11.2. The number of hydrogen-bond acceptors (Lipinski definition) is 3. The van der Waals surface area contributed by atoms with E-state index < -0.39 is 0 Å². The third kappa shape index (κ3) is 14.6. The Morgan fingerprint density at radius 3 is 2.17 bits per heavy atom. The van der Waals surface area contributed by atoms with Crippen LogP contribution in [0.5, 0.6) is 0 Å². The van der Waals surface area contributed by atoms with E-state index in [0.29, 0.717) is 19.4 Å². The Morgan fingerprint density at radius 2 is 1.67 bits per heavy atom. The minimum absolute atomic E-state index is 0.0404. The summed E-state index contributed by atoms with van der Waals surface area (Å²) >= 11 is 0. The van der Waals surface area contributed by atoms with Crippen molar-refractivity contribution in [1.82, 2.24) is 5.32 Å².